The summed E-state index contributed by atoms with van der Waals surface area (Å²) in [5.74, 6) is -2.90. The average Bonchev–Trinajstić information content (AvgIpc) is 3.34. The number of aliphatic carboxylic acids is 1. The quantitative estimate of drug-likeness (QED) is 0.192. The number of oxime groups is 1. The van der Waals surface area contributed by atoms with E-state index < -0.39 is 35.6 Å². The van der Waals surface area contributed by atoms with Crippen LogP contribution in [0.3, 0.4) is 0 Å². The molecular weight excluding hydrogens is 490 g/mol. The maximum atomic E-state index is 12.7. The molecule has 0 aromatic carbocycles. The van der Waals surface area contributed by atoms with Crippen molar-refractivity contribution in [2.45, 2.75) is 29.3 Å². The summed E-state index contributed by atoms with van der Waals surface area (Å²) in [6, 6.07) is -1.53. The van der Waals surface area contributed by atoms with E-state index in [1.54, 1.807) is 0 Å². The van der Waals surface area contributed by atoms with E-state index in [0.717, 1.165) is 28.2 Å². The number of rotatable bonds is 6. The predicted octanol–water partition coefficient (Wildman–Crippen LogP) is 0.986. The fourth-order valence-electron chi connectivity index (χ4n) is 3.25. The molecule has 0 bridgehead atoms. The first-order chi connectivity index (χ1) is 14.8. The molecule has 2 amide bonds. The van der Waals surface area contributed by atoms with Crippen LogP contribution in [-0.4, -0.2) is 65.1 Å². The normalized spacial score (nSPS) is 21.0. The molecule has 2 aromatic heterocycles. The Morgan fingerprint density at radius 3 is 2.81 bits per heavy atom. The van der Waals surface area contributed by atoms with Crippen molar-refractivity contribution in [2.75, 3.05) is 5.73 Å². The second-order valence-corrected chi connectivity index (χ2v) is 10.1. The number of carboxylic acids is 1. The summed E-state index contributed by atoms with van der Waals surface area (Å²) in [4.78, 5) is 46.6. The first-order valence-corrected chi connectivity index (χ1v) is 11.3. The third-order valence-corrected chi connectivity index (χ3v) is 7.39. The summed E-state index contributed by atoms with van der Waals surface area (Å²) in [6.07, 6.45) is 2.25. The lowest BCUT2D eigenvalue weighted by atomic mass is 9.86. The van der Waals surface area contributed by atoms with Crippen LogP contribution in [0.1, 0.15) is 18.7 Å². The van der Waals surface area contributed by atoms with E-state index in [-0.39, 0.29) is 16.7 Å². The maximum absolute atomic E-state index is 12.7. The lowest BCUT2D eigenvalue weighted by Crippen LogP contribution is -2.72. The summed E-state index contributed by atoms with van der Waals surface area (Å²) < 4.78 is 4.83. The minimum Gasteiger partial charge on any atom is -0.477 e. The van der Waals surface area contributed by atoms with Crippen LogP contribution in [0.15, 0.2) is 26.3 Å². The Hall–Kier alpha value is -2.75. The highest BCUT2D eigenvalue weighted by atomic mass is 35.5. The summed E-state index contributed by atoms with van der Waals surface area (Å²) in [5.41, 5.74) is 4.83. The minimum atomic E-state index is -1.26. The highest BCUT2D eigenvalue weighted by Crippen LogP contribution is 2.44. The Morgan fingerprint density at radius 2 is 2.23 bits per heavy atom. The van der Waals surface area contributed by atoms with Crippen molar-refractivity contribution in [3.63, 3.8) is 0 Å². The molecule has 162 valence electrons. The molecule has 0 radical (unpaired) electrons. The highest BCUT2D eigenvalue weighted by Gasteiger charge is 2.54. The van der Waals surface area contributed by atoms with Crippen molar-refractivity contribution in [3.8, 4) is 0 Å². The van der Waals surface area contributed by atoms with Gasteiger partial charge < -0.3 is 21.4 Å². The monoisotopic (exact) mass is 501 g/mol. The molecule has 0 saturated carbocycles. The fraction of sp³-hybridized carbons (Fsp3) is 0.267. The molecule has 2 atom stereocenters. The van der Waals surface area contributed by atoms with Crippen LogP contribution < -0.4 is 11.1 Å². The molecule has 0 spiro atoms. The molecule has 2 aliphatic heterocycles. The first-order valence-electron chi connectivity index (χ1n) is 8.51. The van der Waals surface area contributed by atoms with Gasteiger partial charge in [-0.05, 0) is 12.8 Å². The Bertz CT molecular complexity index is 1150. The molecule has 2 aromatic rings. The molecular formula is C15H12ClN7O5S3. The van der Waals surface area contributed by atoms with E-state index in [1.807, 2.05) is 0 Å². The number of allylic oxidation sites excluding steroid dienone is 1. The SMILES string of the molecule is Nc1nc(/C(=N/O)C(=O)N[C@@H]2C(=O)N3C(C(=O)O)=C(Sc4ncc(Cl)s4)CC[C@H]23)ns1. The van der Waals surface area contributed by atoms with E-state index in [9.17, 15) is 19.5 Å². The van der Waals surface area contributed by atoms with Gasteiger partial charge in [-0.3, -0.25) is 14.5 Å². The molecule has 16 heteroatoms. The highest BCUT2D eigenvalue weighted by molar-refractivity contribution is 8.04. The van der Waals surface area contributed by atoms with Gasteiger partial charge >= 0.3 is 5.97 Å². The third kappa shape index (κ3) is 3.96. The van der Waals surface area contributed by atoms with Gasteiger partial charge in [0.15, 0.2) is 9.47 Å². The van der Waals surface area contributed by atoms with Crippen LogP contribution in [0.5, 0.6) is 0 Å². The molecule has 1 saturated heterocycles. The van der Waals surface area contributed by atoms with Crippen molar-refractivity contribution < 1.29 is 24.7 Å². The van der Waals surface area contributed by atoms with Crippen LogP contribution >= 0.6 is 46.2 Å². The Kier molecular flexibility index (Phi) is 5.83. The Balaban J connectivity index is 1.52. The van der Waals surface area contributed by atoms with Crippen molar-refractivity contribution in [1.82, 2.24) is 24.6 Å². The van der Waals surface area contributed by atoms with Gasteiger partial charge in [0.1, 0.15) is 16.1 Å². The number of carbonyl (C=O) groups excluding carboxylic acids is 2. The second kappa shape index (κ2) is 8.41. The zero-order valence-corrected chi connectivity index (χ0v) is 18.4. The van der Waals surface area contributed by atoms with E-state index in [2.05, 4.69) is 24.8 Å². The topological polar surface area (TPSA) is 184 Å². The number of aromatic nitrogens is 3. The number of nitrogens with one attached hydrogen (secondary N) is 1. The number of anilines is 1. The number of thiazole rings is 1. The van der Waals surface area contributed by atoms with Gasteiger partial charge in [0, 0.05) is 16.4 Å². The minimum absolute atomic E-state index is 0.0740. The number of hydrogen-bond acceptors (Lipinski definition) is 12. The smallest absolute Gasteiger partial charge is 0.353 e. The molecule has 0 aliphatic carbocycles. The van der Waals surface area contributed by atoms with Crippen LogP contribution in [0, 0.1) is 0 Å². The maximum Gasteiger partial charge on any atom is 0.353 e. The van der Waals surface area contributed by atoms with Gasteiger partial charge in [-0.2, -0.15) is 9.36 Å². The van der Waals surface area contributed by atoms with E-state index in [1.165, 1.54) is 17.5 Å². The van der Waals surface area contributed by atoms with Gasteiger partial charge in [0.05, 0.1) is 12.2 Å². The second-order valence-electron chi connectivity index (χ2n) is 6.28. The predicted molar refractivity (Wildman–Crippen MR) is 112 cm³/mol. The molecule has 31 heavy (non-hydrogen) atoms. The number of fused-ring (bicyclic) bond motifs is 1. The molecule has 4 rings (SSSR count). The van der Waals surface area contributed by atoms with Crippen LogP contribution in [0.25, 0.3) is 0 Å². The van der Waals surface area contributed by atoms with Crippen LogP contribution in [0.4, 0.5) is 5.13 Å². The number of thioether (sulfide) groups is 1. The fourth-order valence-corrected chi connectivity index (χ4v) is 6.03. The van der Waals surface area contributed by atoms with Crippen LogP contribution in [-0.2, 0) is 14.4 Å². The van der Waals surface area contributed by atoms with Crippen molar-refractivity contribution in [1.29, 1.82) is 0 Å². The van der Waals surface area contributed by atoms with Gasteiger partial charge in [-0.15, -0.1) is 0 Å². The molecule has 12 nitrogen and oxygen atoms in total. The Morgan fingerprint density at radius 1 is 1.45 bits per heavy atom. The van der Waals surface area contributed by atoms with Crippen LogP contribution in [0.2, 0.25) is 4.34 Å². The summed E-state index contributed by atoms with van der Waals surface area (Å²) in [7, 11) is 0. The van der Waals surface area contributed by atoms with E-state index in [0.29, 0.717) is 26.4 Å². The number of β-lactam (4-membered cyclic amide) rings is 1. The number of halogens is 1. The average molecular weight is 502 g/mol. The van der Waals surface area contributed by atoms with Gasteiger partial charge in [0.25, 0.3) is 11.8 Å². The first kappa shape index (κ1) is 21.5. The zero-order valence-electron chi connectivity index (χ0n) is 15.2. The number of nitrogens with two attached hydrogens (primary N) is 1. The third-order valence-electron chi connectivity index (χ3n) is 4.52. The lowest BCUT2D eigenvalue weighted by Gasteiger charge is -2.49. The van der Waals surface area contributed by atoms with Crippen molar-refractivity contribution in [3.05, 3.63) is 27.0 Å². The standard InChI is InChI=1S/C15H12ClN7O5S3/c16-6-3-18-15(30-6)29-5-2-1-4-7(12(25)23(4)9(5)13(26)27)19-11(24)8(21-28)10-20-14(17)31-22-10/h3-4,7,28H,1-2H2,(H,19,24)(H,26,27)(H2,17,20,22)/b21-8-/t4-,7+/m1/s1. The molecule has 2 aliphatic rings. The summed E-state index contributed by atoms with van der Waals surface area (Å²) in [5, 5.41) is 24.3. The van der Waals surface area contributed by atoms with E-state index >= 15 is 0 Å². The summed E-state index contributed by atoms with van der Waals surface area (Å²) in [6.45, 7) is 0. The zero-order chi connectivity index (χ0) is 22.3. The molecule has 1 fully saturated rings. The largest absolute Gasteiger partial charge is 0.477 e. The number of carboxylic acid groups (broad SMARTS) is 1. The van der Waals surface area contributed by atoms with Crippen molar-refractivity contribution >= 4 is 74.9 Å². The number of carbonyl (C=O) groups is 3. The Labute approximate surface area is 191 Å². The molecule has 4 heterocycles. The molecule has 0 unspecified atom stereocenters. The van der Waals surface area contributed by atoms with E-state index in [4.69, 9.17) is 22.5 Å². The lowest BCUT2D eigenvalue weighted by molar-refractivity contribution is -0.155. The number of amides is 2. The number of nitrogens with zero attached hydrogens (tertiary/aromatic N) is 5. The van der Waals surface area contributed by atoms with Gasteiger partial charge in [-0.1, -0.05) is 39.9 Å². The van der Waals surface area contributed by atoms with Crippen molar-refractivity contribution in [2.24, 2.45) is 5.16 Å². The van der Waals surface area contributed by atoms with Gasteiger partial charge in [-0.25, -0.2) is 9.78 Å². The van der Waals surface area contributed by atoms with Gasteiger partial charge in [0.2, 0.25) is 11.5 Å². The molecule has 5 N–H and O–H groups in total. The summed E-state index contributed by atoms with van der Waals surface area (Å²) >= 11 is 9.04. The number of nitrogen functional groups attached to an aromatic ring is 1. The number of hydrogen-bond donors (Lipinski definition) is 4.